The Morgan fingerprint density at radius 1 is 1.26 bits per heavy atom. The highest BCUT2D eigenvalue weighted by Gasteiger charge is 2.50. The molecule has 0 unspecified atom stereocenters. The first-order valence-electron chi connectivity index (χ1n) is 9.22. The number of amides is 1. The zero-order chi connectivity index (χ0) is 19.9. The second-order valence-electron chi connectivity index (χ2n) is 7.30. The molecule has 1 aromatic rings. The van der Waals surface area contributed by atoms with Crippen LogP contribution in [0.3, 0.4) is 0 Å². The first-order valence-corrected chi connectivity index (χ1v) is 12.7. The molecule has 2 saturated heterocycles. The van der Waals surface area contributed by atoms with Crippen molar-refractivity contribution in [2.45, 2.75) is 51.8 Å². The molecule has 8 heteroatoms. The highest BCUT2D eigenvalue weighted by atomic mass is 79.9. The van der Waals surface area contributed by atoms with Gasteiger partial charge in [0.05, 0.1) is 17.5 Å². The fraction of sp³-hybridized carbons (Fsp3) is 0.579. The van der Waals surface area contributed by atoms with Crippen molar-refractivity contribution in [1.82, 2.24) is 0 Å². The van der Waals surface area contributed by atoms with E-state index in [2.05, 4.69) is 20.9 Å². The summed E-state index contributed by atoms with van der Waals surface area (Å²) in [6.07, 6.45) is 1.52. The topological polar surface area (TPSA) is 66.8 Å². The maximum absolute atomic E-state index is 12.7. The number of hydrogen-bond donors (Lipinski definition) is 0. The maximum Gasteiger partial charge on any atom is 0.251 e. The van der Waals surface area contributed by atoms with E-state index >= 15 is 0 Å². The number of halogens is 1. The van der Waals surface area contributed by atoms with Gasteiger partial charge in [0.1, 0.15) is 0 Å². The molecule has 0 aromatic heterocycles. The van der Waals surface area contributed by atoms with Crippen molar-refractivity contribution in [3.63, 3.8) is 0 Å². The predicted molar refractivity (Wildman–Crippen MR) is 116 cm³/mol. The number of aliphatic imine (C=N–C) groups is 1. The van der Waals surface area contributed by atoms with Crippen LogP contribution in [0.15, 0.2) is 21.6 Å². The molecule has 0 bridgehead atoms. The fourth-order valence-electron chi connectivity index (χ4n) is 3.93. The molecular weight excluding hydrogens is 448 g/mol. The van der Waals surface area contributed by atoms with Gasteiger partial charge in [-0.2, -0.15) is 4.99 Å². The van der Waals surface area contributed by atoms with Gasteiger partial charge < -0.3 is 4.90 Å². The SMILES string of the molecule is CCC(CC)C(=O)N=C1S[C@@H]2CS(=O)(=O)C[C@@H]2N1c1c(C)cc(Br)cc1C. The molecule has 5 nitrogen and oxygen atoms in total. The molecule has 0 spiro atoms. The molecule has 0 radical (unpaired) electrons. The van der Waals surface area contributed by atoms with Gasteiger partial charge in [-0.15, -0.1) is 0 Å². The average Bonchev–Trinajstić information content (AvgIpc) is 3.00. The fourth-order valence-corrected chi connectivity index (χ4v) is 8.52. The van der Waals surface area contributed by atoms with Gasteiger partial charge in [-0.25, -0.2) is 8.42 Å². The second kappa shape index (κ2) is 7.87. The summed E-state index contributed by atoms with van der Waals surface area (Å²) in [5, 5.41) is 0.566. The van der Waals surface area contributed by atoms with Crippen LogP contribution < -0.4 is 4.90 Å². The lowest BCUT2D eigenvalue weighted by molar-refractivity contribution is -0.121. The van der Waals surface area contributed by atoms with Gasteiger partial charge in [0.25, 0.3) is 5.91 Å². The third kappa shape index (κ3) is 4.12. The number of carbonyl (C=O) groups is 1. The predicted octanol–water partition coefficient (Wildman–Crippen LogP) is 4.10. The molecule has 1 amide bonds. The summed E-state index contributed by atoms with van der Waals surface area (Å²) < 4.78 is 25.4. The Morgan fingerprint density at radius 2 is 1.85 bits per heavy atom. The van der Waals surface area contributed by atoms with Gasteiger partial charge in [0.15, 0.2) is 15.0 Å². The number of aryl methyl sites for hydroxylation is 2. The first kappa shape index (κ1) is 20.9. The smallest absolute Gasteiger partial charge is 0.251 e. The van der Waals surface area contributed by atoms with E-state index in [4.69, 9.17) is 0 Å². The van der Waals surface area contributed by atoms with Gasteiger partial charge in [0.2, 0.25) is 0 Å². The Kier molecular flexibility index (Phi) is 6.08. The Balaban J connectivity index is 2.08. The van der Waals surface area contributed by atoms with Crippen molar-refractivity contribution in [1.29, 1.82) is 0 Å². The lowest BCUT2D eigenvalue weighted by atomic mass is 10.0. The molecule has 2 fully saturated rings. The monoisotopic (exact) mass is 472 g/mol. The Hall–Kier alpha value is -0.860. The van der Waals surface area contributed by atoms with Crippen molar-refractivity contribution in [3.05, 3.63) is 27.7 Å². The third-order valence-electron chi connectivity index (χ3n) is 5.30. The first-order chi connectivity index (χ1) is 12.7. The van der Waals surface area contributed by atoms with Crippen LogP contribution in [-0.4, -0.2) is 42.3 Å². The molecule has 2 aliphatic heterocycles. The summed E-state index contributed by atoms with van der Waals surface area (Å²) in [6, 6.07) is 3.86. The molecule has 2 heterocycles. The number of anilines is 1. The van der Waals surface area contributed by atoms with Crippen LogP contribution in [0.25, 0.3) is 0 Å². The molecule has 2 aliphatic rings. The molecule has 0 aliphatic carbocycles. The summed E-state index contributed by atoms with van der Waals surface area (Å²) in [6.45, 7) is 8.01. The van der Waals surface area contributed by atoms with Crippen molar-refractivity contribution in [2.75, 3.05) is 16.4 Å². The summed E-state index contributed by atoms with van der Waals surface area (Å²) in [4.78, 5) is 19.1. The number of hydrogen-bond acceptors (Lipinski definition) is 4. The molecular formula is C19H25BrN2O3S2. The van der Waals surface area contributed by atoms with Crippen LogP contribution in [0.5, 0.6) is 0 Å². The lowest BCUT2D eigenvalue weighted by Crippen LogP contribution is -2.38. The molecule has 27 heavy (non-hydrogen) atoms. The van der Waals surface area contributed by atoms with Crippen molar-refractivity contribution in [2.24, 2.45) is 10.9 Å². The highest BCUT2D eigenvalue weighted by Crippen LogP contribution is 2.43. The van der Waals surface area contributed by atoms with E-state index in [0.717, 1.165) is 34.1 Å². The molecule has 3 rings (SSSR count). The standard InChI is InChI=1S/C19H25BrN2O3S2/c1-5-13(6-2)18(23)21-19-22(15-9-27(24,25)10-16(15)26-19)17-11(3)7-14(20)8-12(17)4/h7-8,13,15-16H,5-6,9-10H2,1-4H3/t15-,16+/m0/s1. The van der Waals surface area contributed by atoms with Gasteiger partial charge in [0, 0.05) is 21.3 Å². The van der Waals surface area contributed by atoms with E-state index in [1.165, 1.54) is 11.8 Å². The average molecular weight is 473 g/mol. The number of thioether (sulfide) groups is 1. The van der Waals surface area contributed by atoms with E-state index in [-0.39, 0.29) is 34.6 Å². The Labute approximate surface area is 174 Å². The molecule has 148 valence electrons. The number of sulfone groups is 1. The number of rotatable bonds is 4. The van der Waals surface area contributed by atoms with Crippen molar-refractivity contribution in [3.8, 4) is 0 Å². The lowest BCUT2D eigenvalue weighted by Gasteiger charge is -2.28. The second-order valence-corrected chi connectivity index (χ2v) is 11.6. The quantitative estimate of drug-likeness (QED) is 0.659. The Bertz CT molecular complexity index is 871. The molecule has 2 atom stereocenters. The van der Waals surface area contributed by atoms with Crippen molar-refractivity contribution < 1.29 is 13.2 Å². The van der Waals surface area contributed by atoms with Crippen LogP contribution in [0.4, 0.5) is 5.69 Å². The maximum atomic E-state index is 12.7. The minimum absolute atomic E-state index is 0.0781. The van der Waals surface area contributed by atoms with Crippen LogP contribution >= 0.6 is 27.7 Å². The Morgan fingerprint density at radius 3 is 2.41 bits per heavy atom. The summed E-state index contributed by atoms with van der Waals surface area (Å²) in [7, 11) is -3.07. The van der Waals surface area contributed by atoms with E-state index in [1.807, 2.05) is 44.7 Å². The number of fused-ring (bicyclic) bond motifs is 1. The summed E-state index contributed by atoms with van der Waals surface area (Å²) in [5.74, 6) is 0.0580. The number of carbonyl (C=O) groups excluding carboxylic acids is 1. The minimum Gasteiger partial charge on any atom is -0.315 e. The van der Waals surface area contributed by atoms with Gasteiger partial charge in [-0.1, -0.05) is 41.5 Å². The van der Waals surface area contributed by atoms with Crippen LogP contribution in [0.1, 0.15) is 37.8 Å². The highest BCUT2D eigenvalue weighted by molar-refractivity contribution is 9.10. The van der Waals surface area contributed by atoms with Crippen LogP contribution in [-0.2, 0) is 14.6 Å². The normalized spacial score (nSPS) is 25.4. The van der Waals surface area contributed by atoms with Crippen LogP contribution in [0.2, 0.25) is 0 Å². The van der Waals surface area contributed by atoms with Gasteiger partial charge in [-0.05, 0) is 49.9 Å². The molecule has 0 saturated carbocycles. The summed E-state index contributed by atoms with van der Waals surface area (Å²) in [5.41, 5.74) is 3.04. The molecule has 0 N–H and O–H groups in total. The number of amidine groups is 1. The van der Waals surface area contributed by atoms with Gasteiger partial charge >= 0.3 is 0 Å². The number of nitrogens with zero attached hydrogens (tertiary/aromatic N) is 2. The van der Waals surface area contributed by atoms with Crippen LogP contribution in [0, 0.1) is 19.8 Å². The zero-order valence-corrected chi connectivity index (χ0v) is 19.2. The van der Waals surface area contributed by atoms with E-state index in [9.17, 15) is 13.2 Å². The van der Waals surface area contributed by atoms with E-state index in [0.29, 0.717) is 5.17 Å². The minimum atomic E-state index is -3.07. The van der Waals surface area contributed by atoms with Gasteiger partial charge in [-0.3, -0.25) is 4.79 Å². The number of benzene rings is 1. The molecule has 1 aromatic carbocycles. The zero-order valence-electron chi connectivity index (χ0n) is 16.0. The largest absolute Gasteiger partial charge is 0.315 e. The summed E-state index contributed by atoms with van der Waals surface area (Å²) >= 11 is 4.96. The van der Waals surface area contributed by atoms with E-state index < -0.39 is 9.84 Å². The van der Waals surface area contributed by atoms with Crippen molar-refractivity contribution >= 4 is 54.3 Å². The van der Waals surface area contributed by atoms with E-state index in [1.54, 1.807) is 0 Å². The third-order valence-corrected chi connectivity index (χ3v) is 8.97.